The summed E-state index contributed by atoms with van der Waals surface area (Å²) < 4.78 is 1.88. The van der Waals surface area contributed by atoms with Gasteiger partial charge in [0.2, 0.25) is 0 Å². The van der Waals surface area contributed by atoms with Crippen molar-refractivity contribution in [2.75, 3.05) is 5.73 Å². The van der Waals surface area contributed by atoms with Crippen molar-refractivity contribution in [3.05, 3.63) is 55.2 Å². The van der Waals surface area contributed by atoms with E-state index in [0.29, 0.717) is 5.69 Å². The predicted molar refractivity (Wildman–Crippen MR) is 69.0 cm³/mol. The molecule has 0 aliphatic rings. The predicted octanol–water partition coefficient (Wildman–Crippen LogP) is 1.91. The summed E-state index contributed by atoms with van der Waals surface area (Å²) in [6.07, 6.45) is 8.56. The maximum absolute atomic E-state index is 5.79. The monoisotopic (exact) mass is 237 g/mol. The summed E-state index contributed by atoms with van der Waals surface area (Å²) in [6, 6.07) is 7.60. The SMILES string of the molecule is Nc1cccc(-c2nccn2-c2cnccn2)c1. The molecule has 0 fully saturated rings. The molecule has 3 aromatic rings. The minimum atomic E-state index is 0.709. The number of aromatic nitrogens is 4. The number of rotatable bonds is 2. The fourth-order valence-electron chi connectivity index (χ4n) is 1.80. The molecule has 0 bridgehead atoms. The quantitative estimate of drug-likeness (QED) is 0.691. The Hall–Kier alpha value is -2.69. The molecule has 2 aromatic heterocycles. The molecule has 5 heteroatoms. The lowest BCUT2D eigenvalue weighted by molar-refractivity contribution is 0.979. The van der Waals surface area contributed by atoms with Gasteiger partial charge in [0.05, 0.1) is 6.20 Å². The highest BCUT2D eigenvalue weighted by molar-refractivity contribution is 5.62. The van der Waals surface area contributed by atoms with Crippen LogP contribution in [-0.2, 0) is 0 Å². The second-order valence-corrected chi connectivity index (χ2v) is 3.81. The van der Waals surface area contributed by atoms with E-state index in [4.69, 9.17) is 5.73 Å². The van der Waals surface area contributed by atoms with Crippen LogP contribution in [0, 0.1) is 0 Å². The average Bonchev–Trinajstić information content (AvgIpc) is 2.89. The molecule has 0 aliphatic carbocycles. The molecule has 0 unspecified atom stereocenters. The van der Waals surface area contributed by atoms with Gasteiger partial charge in [-0.25, -0.2) is 9.97 Å². The topological polar surface area (TPSA) is 69.6 Å². The Morgan fingerprint density at radius 2 is 2.00 bits per heavy atom. The van der Waals surface area contributed by atoms with E-state index >= 15 is 0 Å². The van der Waals surface area contributed by atoms with Gasteiger partial charge in [0.1, 0.15) is 5.82 Å². The van der Waals surface area contributed by atoms with Crippen LogP contribution in [0.1, 0.15) is 0 Å². The summed E-state index contributed by atoms with van der Waals surface area (Å²) in [5.74, 6) is 1.52. The number of nitrogens with two attached hydrogens (primary N) is 1. The maximum Gasteiger partial charge on any atom is 0.156 e. The summed E-state index contributed by atoms with van der Waals surface area (Å²) >= 11 is 0. The first-order valence-electron chi connectivity index (χ1n) is 5.50. The Morgan fingerprint density at radius 3 is 2.78 bits per heavy atom. The molecule has 0 saturated heterocycles. The number of anilines is 1. The number of benzene rings is 1. The van der Waals surface area contributed by atoms with Crippen molar-refractivity contribution in [3.8, 4) is 17.2 Å². The summed E-state index contributed by atoms with van der Waals surface area (Å²) in [6.45, 7) is 0. The number of imidazole rings is 1. The second-order valence-electron chi connectivity index (χ2n) is 3.81. The second kappa shape index (κ2) is 4.29. The highest BCUT2D eigenvalue weighted by atomic mass is 15.1. The third kappa shape index (κ3) is 1.82. The Morgan fingerprint density at radius 1 is 1.06 bits per heavy atom. The van der Waals surface area contributed by atoms with Gasteiger partial charge in [-0.1, -0.05) is 12.1 Å². The third-order valence-electron chi connectivity index (χ3n) is 2.58. The molecule has 18 heavy (non-hydrogen) atoms. The Bertz CT molecular complexity index is 660. The molecule has 0 spiro atoms. The Labute approximate surface area is 104 Å². The molecule has 1 aromatic carbocycles. The van der Waals surface area contributed by atoms with E-state index in [0.717, 1.165) is 17.2 Å². The van der Waals surface area contributed by atoms with Crippen molar-refractivity contribution in [1.82, 2.24) is 19.5 Å². The summed E-state index contributed by atoms with van der Waals surface area (Å²) in [5.41, 5.74) is 7.45. The zero-order valence-corrected chi connectivity index (χ0v) is 9.56. The zero-order chi connectivity index (χ0) is 12.4. The molecular formula is C13H11N5. The first-order chi connectivity index (χ1) is 8.84. The number of hydrogen-bond donors (Lipinski definition) is 1. The van der Waals surface area contributed by atoms with Crippen LogP contribution in [0.5, 0.6) is 0 Å². The molecule has 0 aliphatic heterocycles. The highest BCUT2D eigenvalue weighted by Gasteiger charge is 2.08. The number of hydrogen-bond acceptors (Lipinski definition) is 4. The van der Waals surface area contributed by atoms with Gasteiger partial charge >= 0.3 is 0 Å². The molecule has 0 amide bonds. The van der Waals surface area contributed by atoms with Crippen molar-refractivity contribution in [1.29, 1.82) is 0 Å². The summed E-state index contributed by atoms with van der Waals surface area (Å²) in [7, 11) is 0. The fraction of sp³-hybridized carbons (Fsp3) is 0. The van der Waals surface area contributed by atoms with Crippen LogP contribution >= 0.6 is 0 Å². The Kier molecular flexibility index (Phi) is 2.49. The lowest BCUT2D eigenvalue weighted by Crippen LogP contribution is -1.99. The third-order valence-corrected chi connectivity index (χ3v) is 2.58. The van der Waals surface area contributed by atoms with Crippen LogP contribution in [0.4, 0.5) is 5.69 Å². The van der Waals surface area contributed by atoms with E-state index in [1.807, 2.05) is 35.0 Å². The Balaban J connectivity index is 2.13. The smallest absolute Gasteiger partial charge is 0.156 e. The number of nitrogen functional groups attached to an aromatic ring is 1. The summed E-state index contributed by atoms with van der Waals surface area (Å²) in [4.78, 5) is 12.7. The van der Waals surface area contributed by atoms with Gasteiger partial charge in [-0.2, -0.15) is 0 Å². The summed E-state index contributed by atoms with van der Waals surface area (Å²) in [5, 5.41) is 0. The van der Waals surface area contributed by atoms with Gasteiger partial charge in [-0.15, -0.1) is 0 Å². The van der Waals surface area contributed by atoms with Crippen molar-refractivity contribution < 1.29 is 0 Å². The first kappa shape index (κ1) is 10.5. The molecule has 2 heterocycles. The van der Waals surface area contributed by atoms with Crippen molar-refractivity contribution in [3.63, 3.8) is 0 Å². The van der Waals surface area contributed by atoms with E-state index in [9.17, 15) is 0 Å². The van der Waals surface area contributed by atoms with Gasteiger partial charge < -0.3 is 5.73 Å². The van der Waals surface area contributed by atoms with E-state index in [2.05, 4.69) is 15.0 Å². The molecule has 2 N–H and O–H groups in total. The largest absolute Gasteiger partial charge is 0.399 e. The van der Waals surface area contributed by atoms with Crippen LogP contribution in [0.15, 0.2) is 55.2 Å². The molecule has 0 radical (unpaired) electrons. The van der Waals surface area contributed by atoms with Gasteiger partial charge in [0.25, 0.3) is 0 Å². The van der Waals surface area contributed by atoms with Crippen molar-refractivity contribution in [2.24, 2.45) is 0 Å². The van der Waals surface area contributed by atoms with Gasteiger partial charge in [-0.3, -0.25) is 9.55 Å². The lowest BCUT2D eigenvalue weighted by atomic mass is 10.2. The minimum Gasteiger partial charge on any atom is -0.399 e. The standard InChI is InChI=1S/C13H11N5/c14-11-3-1-2-10(8-11)13-17-6-7-18(13)12-9-15-4-5-16-12/h1-9H,14H2. The zero-order valence-electron chi connectivity index (χ0n) is 9.56. The molecule has 0 atom stereocenters. The van der Waals surface area contributed by atoms with Crippen LogP contribution in [0.2, 0.25) is 0 Å². The van der Waals surface area contributed by atoms with Crippen LogP contribution in [0.25, 0.3) is 17.2 Å². The minimum absolute atomic E-state index is 0.709. The molecule has 5 nitrogen and oxygen atoms in total. The van der Waals surface area contributed by atoms with Crippen molar-refractivity contribution >= 4 is 5.69 Å². The van der Waals surface area contributed by atoms with E-state index in [1.165, 1.54) is 0 Å². The van der Waals surface area contributed by atoms with Crippen molar-refractivity contribution in [2.45, 2.75) is 0 Å². The average molecular weight is 237 g/mol. The lowest BCUT2D eigenvalue weighted by Gasteiger charge is -2.06. The normalized spacial score (nSPS) is 10.4. The molecule has 88 valence electrons. The highest BCUT2D eigenvalue weighted by Crippen LogP contribution is 2.21. The van der Waals surface area contributed by atoms with E-state index in [1.54, 1.807) is 24.8 Å². The first-order valence-corrected chi connectivity index (χ1v) is 5.50. The van der Waals surface area contributed by atoms with Gasteiger partial charge in [-0.05, 0) is 12.1 Å². The molecule has 3 rings (SSSR count). The molecule has 0 saturated carbocycles. The van der Waals surface area contributed by atoms with E-state index < -0.39 is 0 Å². The van der Waals surface area contributed by atoms with E-state index in [-0.39, 0.29) is 0 Å². The fourth-order valence-corrected chi connectivity index (χ4v) is 1.80. The number of nitrogens with zero attached hydrogens (tertiary/aromatic N) is 4. The van der Waals surface area contributed by atoms with Crippen LogP contribution in [-0.4, -0.2) is 19.5 Å². The van der Waals surface area contributed by atoms with Gasteiger partial charge in [0, 0.05) is 36.0 Å². The molecular weight excluding hydrogens is 226 g/mol. The maximum atomic E-state index is 5.79. The van der Waals surface area contributed by atoms with Gasteiger partial charge in [0.15, 0.2) is 5.82 Å². The van der Waals surface area contributed by atoms with Crippen LogP contribution < -0.4 is 5.73 Å². The van der Waals surface area contributed by atoms with Crippen LogP contribution in [0.3, 0.4) is 0 Å².